The summed E-state index contributed by atoms with van der Waals surface area (Å²) in [5.74, 6) is 1.41. The van der Waals surface area contributed by atoms with E-state index in [1.165, 1.54) is 0 Å². The lowest BCUT2D eigenvalue weighted by Gasteiger charge is -2.20. The summed E-state index contributed by atoms with van der Waals surface area (Å²) in [5.41, 5.74) is 1.07. The van der Waals surface area contributed by atoms with Gasteiger partial charge in [0.15, 0.2) is 5.11 Å². The standard InChI is InChI=1S/C20H31N3O2S/c1-5-21-20(26)23-12-16(15-8-6-7-9-18(15)25-4)17(13-23)19(24)22-11-10-14(2)3/h6-9,14,16-17H,5,10-13H2,1-4H3,(H,21,26)(H,22,24). The predicted molar refractivity (Wildman–Crippen MR) is 110 cm³/mol. The Balaban J connectivity index is 2.20. The molecular weight excluding hydrogens is 346 g/mol. The van der Waals surface area contributed by atoms with Crippen molar-refractivity contribution in [3.05, 3.63) is 29.8 Å². The van der Waals surface area contributed by atoms with Gasteiger partial charge in [-0.1, -0.05) is 32.0 Å². The molecule has 144 valence electrons. The van der Waals surface area contributed by atoms with Crippen LogP contribution >= 0.6 is 12.2 Å². The van der Waals surface area contributed by atoms with Gasteiger partial charge in [-0.05, 0) is 43.1 Å². The van der Waals surface area contributed by atoms with Crippen molar-refractivity contribution >= 4 is 23.2 Å². The number of likely N-dealkylation sites (tertiary alicyclic amines) is 1. The van der Waals surface area contributed by atoms with Gasteiger partial charge in [0.05, 0.1) is 13.0 Å². The van der Waals surface area contributed by atoms with Crippen LogP contribution in [-0.4, -0.2) is 49.2 Å². The monoisotopic (exact) mass is 377 g/mol. The summed E-state index contributed by atoms with van der Waals surface area (Å²) < 4.78 is 5.54. The van der Waals surface area contributed by atoms with Crippen LogP contribution in [0, 0.1) is 11.8 Å². The maximum atomic E-state index is 12.9. The van der Waals surface area contributed by atoms with Crippen molar-refractivity contribution in [3.63, 3.8) is 0 Å². The maximum Gasteiger partial charge on any atom is 0.225 e. The van der Waals surface area contributed by atoms with Crippen LogP contribution in [0.25, 0.3) is 0 Å². The first-order chi connectivity index (χ1) is 12.5. The highest BCUT2D eigenvalue weighted by molar-refractivity contribution is 7.80. The number of carbonyl (C=O) groups is 1. The highest BCUT2D eigenvalue weighted by Gasteiger charge is 2.40. The summed E-state index contributed by atoms with van der Waals surface area (Å²) >= 11 is 5.49. The highest BCUT2D eigenvalue weighted by atomic mass is 32.1. The third kappa shape index (κ3) is 5.10. The van der Waals surface area contributed by atoms with Crippen LogP contribution in [0.15, 0.2) is 24.3 Å². The SMILES string of the molecule is CCNC(=S)N1CC(C(=O)NCCC(C)C)C(c2ccccc2OC)C1. The predicted octanol–water partition coefficient (Wildman–Crippen LogP) is 2.77. The molecule has 6 heteroatoms. The van der Waals surface area contributed by atoms with E-state index >= 15 is 0 Å². The zero-order valence-electron chi connectivity index (χ0n) is 16.2. The molecule has 0 radical (unpaired) electrons. The molecule has 1 aliphatic heterocycles. The molecule has 0 saturated carbocycles. The molecule has 0 spiro atoms. The molecule has 0 aromatic heterocycles. The van der Waals surface area contributed by atoms with Crippen molar-refractivity contribution in [2.75, 3.05) is 33.3 Å². The van der Waals surface area contributed by atoms with Crippen molar-refractivity contribution < 1.29 is 9.53 Å². The topological polar surface area (TPSA) is 53.6 Å². The van der Waals surface area contributed by atoms with Gasteiger partial charge in [-0.15, -0.1) is 0 Å². The van der Waals surface area contributed by atoms with Gasteiger partial charge in [0.1, 0.15) is 5.75 Å². The fourth-order valence-corrected chi connectivity index (χ4v) is 3.69. The molecule has 1 aromatic carbocycles. The Labute approximate surface area is 162 Å². The Morgan fingerprint density at radius 3 is 2.69 bits per heavy atom. The smallest absolute Gasteiger partial charge is 0.225 e. The minimum atomic E-state index is -0.143. The molecule has 2 N–H and O–H groups in total. The number of hydrogen-bond donors (Lipinski definition) is 2. The molecule has 2 unspecified atom stereocenters. The quantitative estimate of drug-likeness (QED) is 0.716. The van der Waals surface area contributed by atoms with E-state index in [2.05, 4.69) is 35.4 Å². The normalized spacial score (nSPS) is 19.5. The number of hydrogen-bond acceptors (Lipinski definition) is 3. The molecule has 26 heavy (non-hydrogen) atoms. The Kier molecular flexibility index (Phi) is 7.69. The van der Waals surface area contributed by atoms with Gasteiger partial charge in [-0.3, -0.25) is 4.79 Å². The minimum Gasteiger partial charge on any atom is -0.496 e. The van der Waals surface area contributed by atoms with Crippen molar-refractivity contribution in [1.82, 2.24) is 15.5 Å². The van der Waals surface area contributed by atoms with Crippen LogP contribution in [0.2, 0.25) is 0 Å². The fourth-order valence-electron chi connectivity index (χ4n) is 3.40. The number of ether oxygens (including phenoxy) is 1. The number of nitrogens with zero attached hydrogens (tertiary/aromatic N) is 1. The van der Waals surface area contributed by atoms with E-state index < -0.39 is 0 Å². The van der Waals surface area contributed by atoms with E-state index in [-0.39, 0.29) is 17.7 Å². The number of benzene rings is 1. The van der Waals surface area contributed by atoms with Crippen molar-refractivity contribution in [1.29, 1.82) is 0 Å². The third-order valence-corrected chi connectivity index (χ3v) is 5.23. The second-order valence-corrected chi connectivity index (χ2v) is 7.56. The number of rotatable bonds is 7. The van der Waals surface area contributed by atoms with Gasteiger partial charge >= 0.3 is 0 Å². The van der Waals surface area contributed by atoms with Crippen LogP contribution in [-0.2, 0) is 4.79 Å². The summed E-state index contributed by atoms with van der Waals surface area (Å²) in [5, 5.41) is 7.03. The first-order valence-corrected chi connectivity index (χ1v) is 9.82. The van der Waals surface area contributed by atoms with Crippen molar-refractivity contribution in [2.24, 2.45) is 11.8 Å². The zero-order valence-corrected chi connectivity index (χ0v) is 17.1. The molecule has 5 nitrogen and oxygen atoms in total. The van der Waals surface area contributed by atoms with E-state index in [1.807, 2.05) is 25.1 Å². The van der Waals surface area contributed by atoms with Gasteiger partial charge in [-0.25, -0.2) is 0 Å². The van der Waals surface area contributed by atoms with Gasteiger partial charge in [0, 0.05) is 32.1 Å². The van der Waals surface area contributed by atoms with Gasteiger partial charge in [0.2, 0.25) is 5.91 Å². The molecule has 1 heterocycles. The molecule has 2 atom stereocenters. The van der Waals surface area contributed by atoms with Gasteiger partial charge < -0.3 is 20.3 Å². The summed E-state index contributed by atoms with van der Waals surface area (Å²) in [4.78, 5) is 15.0. The summed E-state index contributed by atoms with van der Waals surface area (Å²) in [6.45, 7) is 9.18. The molecule has 1 aliphatic rings. The molecule has 2 rings (SSSR count). The Morgan fingerprint density at radius 1 is 1.31 bits per heavy atom. The van der Waals surface area contributed by atoms with Gasteiger partial charge in [0.25, 0.3) is 0 Å². The fraction of sp³-hybridized carbons (Fsp3) is 0.600. The first-order valence-electron chi connectivity index (χ1n) is 9.41. The second kappa shape index (κ2) is 9.76. The molecule has 1 aromatic rings. The molecule has 1 saturated heterocycles. The van der Waals surface area contributed by atoms with Crippen LogP contribution in [0.3, 0.4) is 0 Å². The van der Waals surface area contributed by atoms with E-state index in [0.717, 1.165) is 24.3 Å². The van der Waals surface area contributed by atoms with E-state index in [0.29, 0.717) is 30.7 Å². The minimum absolute atomic E-state index is 0.0572. The van der Waals surface area contributed by atoms with Crippen molar-refractivity contribution in [3.8, 4) is 5.75 Å². The lowest BCUT2D eigenvalue weighted by molar-refractivity contribution is -0.124. The van der Waals surface area contributed by atoms with Crippen LogP contribution in [0.5, 0.6) is 5.75 Å². The number of amides is 1. The number of methoxy groups -OCH3 is 1. The van der Waals surface area contributed by atoms with Crippen LogP contribution < -0.4 is 15.4 Å². The summed E-state index contributed by atoms with van der Waals surface area (Å²) in [7, 11) is 1.67. The summed E-state index contributed by atoms with van der Waals surface area (Å²) in [6, 6.07) is 7.96. The molecule has 0 bridgehead atoms. The second-order valence-electron chi connectivity index (χ2n) is 7.17. The highest BCUT2D eigenvalue weighted by Crippen LogP contribution is 2.37. The number of thiocarbonyl (C=S) groups is 1. The first kappa shape index (κ1) is 20.5. The van der Waals surface area contributed by atoms with E-state index in [9.17, 15) is 4.79 Å². The van der Waals surface area contributed by atoms with Gasteiger partial charge in [-0.2, -0.15) is 0 Å². The molecule has 1 amide bonds. The number of carbonyl (C=O) groups excluding carboxylic acids is 1. The molecule has 0 aliphatic carbocycles. The Hall–Kier alpha value is -1.82. The number of para-hydroxylation sites is 1. The zero-order chi connectivity index (χ0) is 19.1. The summed E-state index contributed by atoms with van der Waals surface area (Å²) in [6.07, 6.45) is 0.983. The lowest BCUT2D eigenvalue weighted by Crippen LogP contribution is -2.40. The average Bonchev–Trinajstić information content (AvgIpc) is 3.07. The van der Waals surface area contributed by atoms with Crippen LogP contribution in [0.4, 0.5) is 0 Å². The molecule has 1 fully saturated rings. The third-order valence-electron chi connectivity index (χ3n) is 4.83. The average molecular weight is 378 g/mol. The Morgan fingerprint density at radius 2 is 2.04 bits per heavy atom. The Bertz CT molecular complexity index is 621. The van der Waals surface area contributed by atoms with E-state index in [4.69, 9.17) is 17.0 Å². The largest absolute Gasteiger partial charge is 0.496 e. The van der Waals surface area contributed by atoms with Crippen molar-refractivity contribution in [2.45, 2.75) is 33.1 Å². The molecular formula is C20H31N3O2S. The van der Waals surface area contributed by atoms with E-state index in [1.54, 1.807) is 7.11 Å². The maximum absolute atomic E-state index is 12.9. The lowest BCUT2D eigenvalue weighted by atomic mass is 9.87. The van der Waals surface area contributed by atoms with Crippen LogP contribution in [0.1, 0.15) is 38.7 Å². The number of nitrogens with one attached hydrogen (secondary N) is 2.